The first-order valence-corrected chi connectivity index (χ1v) is 12.3. The van der Waals surface area contributed by atoms with Gasteiger partial charge in [-0.15, -0.1) is 11.3 Å². The second kappa shape index (κ2) is 9.68. The Morgan fingerprint density at radius 1 is 1.06 bits per heavy atom. The van der Waals surface area contributed by atoms with Gasteiger partial charge in [0.15, 0.2) is 0 Å². The van der Waals surface area contributed by atoms with Crippen LogP contribution in [0.4, 0.5) is 0 Å². The Labute approximate surface area is 206 Å². The molecule has 0 N–H and O–H groups in total. The van der Waals surface area contributed by atoms with E-state index in [-0.39, 0.29) is 24.4 Å². The van der Waals surface area contributed by atoms with Crippen molar-refractivity contribution in [2.75, 3.05) is 7.05 Å². The highest BCUT2D eigenvalue weighted by atomic mass is 32.1. The number of amides is 1. The van der Waals surface area contributed by atoms with E-state index in [0.717, 1.165) is 27.4 Å². The van der Waals surface area contributed by atoms with Crippen LogP contribution in [0.15, 0.2) is 83.4 Å². The Morgan fingerprint density at radius 3 is 2.66 bits per heavy atom. The first-order chi connectivity index (χ1) is 17.0. The summed E-state index contributed by atoms with van der Waals surface area (Å²) in [5, 5.41) is 7.40. The minimum absolute atomic E-state index is 0.0502. The average molecular weight is 484 g/mol. The largest absolute Gasteiger partial charge is 0.341 e. The Kier molecular flexibility index (Phi) is 6.29. The maximum Gasteiger partial charge on any atom is 0.261 e. The van der Waals surface area contributed by atoms with Gasteiger partial charge in [-0.25, -0.2) is 9.67 Å². The highest BCUT2D eigenvalue weighted by Crippen LogP contribution is 2.28. The number of hydrogen-bond acceptors (Lipinski definition) is 5. The molecule has 35 heavy (non-hydrogen) atoms. The van der Waals surface area contributed by atoms with Gasteiger partial charge in [-0.1, -0.05) is 36.4 Å². The molecule has 0 fully saturated rings. The molecule has 8 heteroatoms. The Morgan fingerprint density at radius 2 is 1.89 bits per heavy atom. The summed E-state index contributed by atoms with van der Waals surface area (Å²) in [7, 11) is 1.78. The summed E-state index contributed by atoms with van der Waals surface area (Å²) in [4.78, 5) is 33.0. The monoisotopic (exact) mass is 483 g/mol. The lowest BCUT2D eigenvalue weighted by Gasteiger charge is -2.17. The maximum absolute atomic E-state index is 13.0. The Balaban J connectivity index is 1.33. The lowest BCUT2D eigenvalue weighted by Crippen LogP contribution is -2.29. The van der Waals surface area contributed by atoms with Gasteiger partial charge in [0.1, 0.15) is 5.69 Å². The molecule has 176 valence electrons. The lowest BCUT2D eigenvalue weighted by atomic mass is 10.1. The van der Waals surface area contributed by atoms with Crippen LogP contribution >= 0.6 is 11.3 Å². The first kappa shape index (κ1) is 22.7. The molecule has 0 saturated heterocycles. The third-order valence-corrected chi connectivity index (χ3v) is 6.90. The molecule has 0 spiro atoms. The first-order valence-electron chi connectivity index (χ1n) is 11.4. The van der Waals surface area contributed by atoms with Crippen molar-refractivity contribution in [3.63, 3.8) is 0 Å². The van der Waals surface area contributed by atoms with E-state index in [1.165, 1.54) is 10.9 Å². The van der Waals surface area contributed by atoms with Gasteiger partial charge in [-0.3, -0.25) is 14.2 Å². The van der Waals surface area contributed by atoms with Gasteiger partial charge in [-0.05, 0) is 42.1 Å². The zero-order chi connectivity index (χ0) is 24.4. The molecule has 1 amide bonds. The van der Waals surface area contributed by atoms with Gasteiger partial charge < -0.3 is 4.90 Å². The molecule has 5 rings (SSSR count). The zero-order valence-electron chi connectivity index (χ0n) is 19.6. The van der Waals surface area contributed by atoms with Gasteiger partial charge in [0, 0.05) is 38.3 Å². The van der Waals surface area contributed by atoms with Crippen LogP contribution in [0.3, 0.4) is 0 Å². The number of thiophene rings is 1. The molecule has 0 unspecified atom stereocenters. The van der Waals surface area contributed by atoms with Gasteiger partial charge >= 0.3 is 0 Å². The van der Waals surface area contributed by atoms with Crippen molar-refractivity contribution in [3.05, 3.63) is 100 Å². The van der Waals surface area contributed by atoms with Gasteiger partial charge in [0.25, 0.3) is 5.56 Å². The van der Waals surface area contributed by atoms with E-state index in [4.69, 9.17) is 5.10 Å². The molecule has 0 aliphatic heterocycles. The van der Waals surface area contributed by atoms with Crippen LogP contribution in [0.2, 0.25) is 0 Å². The Bertz CT molecular complexity index is 1540. The molecule has 0 radical (unpaired) electrons. The minimum Gasteiger partial charge on any atom is -0.341 e. The van der Waals surface area contributed by atoms with Crippen molar-refractivity contribution in [2.45, 2.75) is 26.4 Å². The minimum atomic E-state index is -0.127. The van der Waals surface area contributed by atoms with Crippen LogP contribution < -0.4 is 5.56 Å². The number of benzene rings is 2. The summed E-state index contributed by atoms with van der Waals surface area (Å²) in [6.45, 7) is 2.63. The van der Waals surface area contributed by atoms with Crippen molar-refractivity contribution in [3.8, 4) is 16.3 Å². The van der Waals surface area contributed by atoms with Crippen LogP contribution in [-0.2, 0) is 17.9 Å². The Hall–Kier alpha value is -4.04. The van der Waals surface area contributed by atoms with Crippen LogP contribution in [0, 0.1) is 6.92 Å². The molecule has 0 aliphatic rings. The zero-order valence-corrected chi connectivity index (χ0v) is 20.4. The fourth-order valence-electron chi connectivity index (χ4n) is 4.11. The van der Waals surface area contributed by atoms with Crippen molar-refractivity contribution in [1.82, 2.24) is 24.2 Å². The van der Waals surface area contributed by atoms with E-state index in [9.17, 15) is 9.59 Å². The highest BCUT2D eigenvalue weighted by Gasteiger charge is 2.18. The second-order valence-electron chi connectivity index (χ2n) is 8.47. The van der Waals surface area contributed by atoms with Crippen molar-refractivity contribution < 1.29 is 4.79 Å². The molecule has 3 heterocycles. The van der Waals surface area contributed by atoms with Gasteiger partial charge in [-0.2, -0.15) is 5.10 Å². The fourth-order valence-corrected chi connectivity index (χ4v) is 4.85. The summed E-state index contributed by atoms with van der Waals surface area (Å²) in [6.07, 6.45) is 3.72. The van der Waals surface area contributed by atoms with E-state index in [2.05, 4.69) is 4.98 Å². The standard InChI is InChI=1S/C27H25N5O2S/c1-19-8-6-11-22-25(19)28-18-31(27(22)34)14-13-24(33)30(2)16-20-17-32(21-9-4-3-5-10-21)29-26(20)23-12-7-15-35-23/h3-12,15,17-18H,13-14,16H2,1-2H3. The fraction of sp³-hybridized carbons (Fsp3) is 0.185. The number of fused-ring (bicyclic) bond motifs is 1. The predicted octanol–water partition coefficient (Wildman–Crippen LogP) is 4.67. The number of para-hydroxylation sites is 2. The van der Waals surface area contributed by atoms with E-state index in [1.54, 1.807) is 29.4 Å². The van der Waals surface area contributed by atoms with E-state index in [1.807, 2.05) is 77.8 Å². The van der Waals surface area contributed by atoms with Crippen molar-refractivity contribution in [2.24, 2.45) is 0 Å². The smallest absolute Gasteiger partial charge is 0.261 e. The molecule has 2 aromatic carbocycles. The molecular weight excluding hydrogens is 458 g/mol. The second-order valence-corrected chi connectivity index (χ2v) is 9.42. The molecule has 0 bridgehead atoms. The van der Waals surface area contributed by atoms with Crippen LogP contribution in [0.25, 0.3) is 27.2 Å². The highest BCUT2D eigenvalue weighted by molar-refractivity contribution is 7.13. The number of carbonyl (C=O) groups excluding carboxylic acids is 1. The molecule has 7 nitrogen and oxygen atoms in total. The van der Waals surface area contributed by atoms with E-state index in [0.29, 0.717) is 17.4 Å². The number of hydrogen-bond donors (Lipinski definition) is 0. The SMILES string of the molecule is Cc1cccc2c(=O)n(CCC(=O)N(C)Cc3cn(-c4ccccc4)nc3-c3cccs3)cnc12. The van der Waals surface area contributed by atoms with Crippen LogP contribution in [0.1, 0.15) is 17.5 Å². The quantitative estimate of drug-likeness (QED) is 0.337. The van der Waals surface area contributed by atoms with Crippen LogP contribution in [0.5, 0.6) is 0 Å². The summed E-state index contributed by atoms with van der Waals surface area (Å²) in [5.74, 6) is -0.0502. The van der Waals surface area contributed by atoms with E-state index >= 15 is 0 Å². The topological polar surface area (TPSA) is 73.0 Å². The lowest BCUT2D eigenvalue weighted by molar-refractivity contribution is -0.130. The molecule has 0 atom stereocenters. The molecule has 0 saturated carbocycles. The average Bonchev–Trinajstić information content (AvgIpc) is 3.55. The third kappa shape index (κ3) is 4.65. The molecular formula is C27H25N5O2S. The normalized spacial score (nSPS) is 11.1. The molecule has 3 aromatic heterocycles. The summed E-state index contributed by atoms with van der Waals surface area (Å²) >= 11 is 1.62. The predicted molar refractivity (Wildman–Crippen MR) is 139 cm³/mol. The number of aromatic nitrogens is 4. The maximum atomic E-state index is 13.0. The summed E-state index contributed by atoms with van der Waals surface area (Å²) in [5.41, 5.74) is 4.33. The van der Waals surface area contributed by atoms with E-state index < -0.39 is 0 Å². The summed E-state index contributed by atoms with van der Waals surface area (Å²) < 4.78 is 3.36. The number of rotatable bonds is 7. The van der Waals surface area contributed by atoms with Crippen LogP contribution in [-0.4, -0.2) is 37.2 Å². The number of aryl methyl sites for hydroxylation is 2. The van der Waals surface area contributed by atoms with Crippen molar-refractivity contribution in [1.29, 1.82) is 0 Å². The summed E-state index contributed by atoms with van der Waals surface area (Å²) in [6, 6.07) is 19.5. The third-order valence-electron chi connectivity index (χ3n) is 6.02. The van der Waals surface area contributed by atoms with Gasteiger partial charge in [0.05, 0.1) is 27.8 Å². The van der Waals surface area contributed by atoms with Gasteiger partial charge in [0.2, 0.25) is 5.91 Å². The number of carbonyl (C=O) groups is 1. The number of nitrogens with zero attached hydrogens (tertiary/aromatic N) is 5. The molecule has 5 aromatic rings. The van der Waals surface area contributed by atoms with Crippen molar-refractivity contribution >= 4 is 28.1 Å². The molecule has 0 aliphatic carbocycles.